The summed E-state index contributed by atoms with van der Waals surface area (Å²) in [4.78, 5) is 0. The maximum Gasteiger partial charge on any atom is 0.135 e. The van der Waals surface area contributed by atoms with E-state index >= 15 is 0 Å². The molecule has 1 saturated carbocycles. The predicted octanol–water partition coefficient (Wildman–Crippen LogP) is 5.66. The van der Waals surface area contributed by atoms with Crippen LogP contribution in [0.1, 0.15) is 58.1 Å². The molecule has 32 heavy (non-hydrogen) atoms. The van der Waals surface area contributed by atoms with Crippen LogP contribution in [0.2, 0.25) is 0 Å². The van der Waals surface area contributed by atoms with Crippen molar-refractivity contribution in [1.29, 1.82) is 10.7 Å². The summed E-state index contributed by atoms with van der Waals surface area (Å²) < 4.78 is 5.97. The molecule has 1 atom stereocenters. The molecule has 0 spiro atoms. The molecule has 6 heteroatoms. The van der Waals surface area contributed by atoms with Gasteiger partial charge in [-0.15, -0.1) is 0 Å². The minimum atomic E-state index is 0.142. The average Bonchev–Trinajstić information content (AvgIpc) is 3.66. The van der Waals surface area contributed by atoms with Crippen molar-refractivity contribution in [3.05, 3.63) is 59.4 Å². The second-order valence-electron chi connectivity index (χ2n) is 7.77. The van der Waals surface area contributed by atoms with Crippen molar-refractivity contribution in [3.8, 4) is 11.8 Å². The molecule has 1 aliphatic carbocycles. The summed E-state index contributed by atoms with van der Waals surface area (Å²) in [7, 11) is 0. The fourth-order valence-electron chi connectivity index (χ4n) is 3.09. The summed E-state index contributed by atoms with van der Waals surface area (Å²) >= 11 is 0. The molecule has 0 unspecified atom stereocenters. The zero-order valence-electron chi connectivity index (χ0n) is 19.4. The van der Waals surface area contributed by atoms with Gasteiger partial charge < -0.3 is 15.9 Å². The van der Waals surface area contributed by atoms with Gasteiger partial charge in [0.1, 0.15) is 5.75 Å². The number of nitrogens with two attached hydrogens (primary N) is 1. The van der Waals surface area contributed by atoms with E-state index in [2.05, 4.69) is 30.1 Å². The van der Waals surface area contributed by atoms with Gasteiger partial charge in [-0.3, -0.25) is 0 Å². The van der Waals surface area contributed by atoms with E-state index in [-0.39, 0.29) is 5.92 Å². The first kappa shape index (κ1) is 25.0. The first-order valence-corrected chi connectivity index (χ1v) is 11.1. The number of nitrogens with zero attached hydrogens (tertiary/aromatic N) is 3. The molecule has 0 bridgehead atoms. The van der Waals surface area contributed by atoms with Gasteiger partial charge in [0.05, 0.1) is 23.6 Å². The third-order valence-corrected chi connectivity index (χ3v) is 5.43. The Morgan fingerprint density at radius 3 is 2.69 bits per heavy atom. The normalized spacial score (nSPS) is 16.4. The lowest BCUT2D eigenvalue weighted by molar-refractivity contribution is 0.480. The van der Waals surface area contributed by atoms with Crippen molar-refractivity contribution < 1.29 is 4.74 Å². The Bertz CT molecular complexity index is 1000. The molecule has 0 amide bonds. The molecule has 0 heterocycles. The Morgan fingerprint density at radius 1 is 1.38 bits per heavy atom. The highest BCUT2D eigenvalue weighted by Gasteiger charge is 2.24. The van der Waals surface area contributed by atoms with E-state index in [9.17, 15) is 5.26 Å². The van der Waals surface area contributed by atoms with E-state index in [0.717, 1.165) is 41.7 Å². The van der Waals surface area contributed by atoms with Crippen molar-refractivity contribution in [2.45, 2.75) is 47.0 Å². The van der Waals surface area contributed by atoms with Gasteiger partial charge in [0.15, 0.2) is 0 Å². The standard InChI is InChI=1S/C26H33N5O/c1-5-18(4)26(31-30-7-3)23(14-19(6-2)16-27)22-11-8-20(17-28)15-25(22)32-13-12-24(29)21-9-10-21/h6-8,11-15,18,21,29H,5,9-10,16,27H2,1-4H3/b13-12+,19-6+,23-14-,29-24?,30-7-,31-26+/t18-/m0/s1. The molecule has 0 saturated heterocycles. The molecule has 1 fully saturated rings. The molecule has 1 aromatic carbocycles. The summed E-state index contributed by atoms with van der Waals surface area (Å²) in [6, 6.07) is 7.52. The second-order valence-corrected chi connectivity index (χ2v) is 7.77. The van der Waals surface area contributed by atoms with Gasteiger partial charge in [-0.1, -0.05) is 19.9 Å². The maximum atomic E-state index is 9.42. The monoisotopic (exact) mass is 431 g/mol. The molecule has 0 radical (unpaired) electrons. The number of benzene rings is 1. The molecule has 0 aromatic heterocycles. The lowest BCUT2D eigenvalue weighted by Crippen LogP contribution is -2.14. The van der Waals surface area contributed by atoms with Crippen LogP contribution in [0.15, 0.2) is 58.5 Å². The van der Waals surface area contributed by atoms with E-state index in [1.807, 2.05) is 32.1 Å². The van der Waals surface area contributed by atoms with E-state index in [0.29, 0.717) is 29.5 Å². The predicted molar refractivity (Wildman–Crippen MR) is 133 cm³/mol. The zero-order valence-corrected chi connectivity index (χ0v) is 19.4. The van der Waals surface area contributed by atoms with Crippen LogP contribution in [-0.4, -0.2) is 24.2 Å². The number of hydrogen-bond acceptors (Lipinski definition) is 6. The van der Waals surface area contributed by atoms with Gasteiger partial charge in [-0.25, -0.2) is 0 Å². The molecule has 0 aliphatic heterocycles. The highest BCUT2D eigenvalue weighted by atomic mass is 16.5. The van der Waals surface area contributed by atoms with Gasteiger partial charge >= 0.3 is 0 Å². The molecule has 168 valence electrons. The number of ether oxygens (including phenoxy) is 1. The third kappa shape index (κ3) is 6.86. The van der Waals surface area contributed by atoms with E-state index < -0.39 is 0 Å². The highest BCUT2D eigenvalue weighted by molar-refractivity contribution is 6.25. The Balaban J connectivity index is 2.63. The Hall–Kier alpha value is -3.30. The van der Waals surface area contributed by atoms with E-state index in [1.54, 1.807) is 24.4 Å². The Kier molecular flexibility index (Phi) is 9.77. The maximum absolute atomic E-state index is 9.42. The molecule has 1 aliphatic rings. The van der Waals surface area contributed by atoms with Crippen molar-refractivity contribution in [1.82, 2.24) is 0 Å². The van der Waals surface area contributed by atoms with Crippen LogP contribution in [-0.2, 0) is 0 Å². The first-order chi connectivity index (χ1) is 15.5. The summed E-state index contributed by atoms with van der Waals surface area (Å²) in [5.74, 6) is 1.01. The summed E-state index contributed by atoms with van der Waals surface area (Å²) in [5, 5.41) is 26.2. The van der Waals surface area contributed by atoms with Crippen LogP contribution in [0.4, 0.5) is 0 Å². The fourth-order valence-corrected chi connectivity index (χ4v) is 3.09. The van der Waals surface area contributed by atoms with Crippen LogP contribution in [0.25, 0.3) is 5.57 Å². The molecular weight excluding hydrogens is 398 g/mol. The second kappa shape index (κ2) is 12.5. The fraction of sp³-hybridized carbons (Fsp3) is 0.385. The minimum absolute atomic E-state index is 0.142. The summed E-state index contributed by atoms with van der Waals surface area (Å²) in [6.45, 7) is 8.37. The smallest absolute Gasteiger partial charge is 0.135 e. The third-order valence-electron chi connectivity index (χ3n) is 5.43. The first-order valence-electron chi connectivity index (χ1n) is 11.1. The van der Waals surface area contributed by atoms with Crippen LogP contribution < -0.4 is 10.5 Å². The number of nitriles is 1. The van der Waals surface area contributed by atoms with Crippen molar-refractivity contribution in [2.24, 2.45) is 27.8 Å². The van der Waals surface area contributed by atoms with Crippen LogP contribution in [0.3, 0.4) is 0 Å². The number of allylic oxidation sites excluding steroid dienone is 3. The van der Waals surface area contributed by atoms with Gasteiger partial charge in [-0.05, 0) is 69.0 Å². The highest BCUT2D eigenvalue weighted by Crippen LogP contribution is 2.33. The number of hydrogen-bond donors (Lipinski definition) is 2. The number of nitrogens with one attached hydrogen (secondary N) is 1. The summed E-state index contributed by atoms with van der Waals surface area (Å²) in [6.07, 6.45) is 11.9. The molecular formula is C26H33N5O. The molecule has 2 rings (SSSR count). The minimum Gasteiger partial charge on any atom is -0.464 e. The van der Waals surface area contributed by atoms with Gasteiger partial charge in [-0.2, -0.15) is 15.5 Å². The SMILES string of the molecule is C\C=N/N=C(/C(=C\C(=C/C)CN)c1ccc(C#N)cc1O/C=C/C(=N)C1CC1)[C@@H](C)CC. The van der Waals surface area contributed by atoms with E-state index in [4.69, 9.17) is 15.9 Å². The summed E-state index contributed by atoms with van der Waals surface area (Å²) in [5.41, 5.74) is 10.4. The molecule has 3 N–H and O–H groups in total. The van der Waals surface area contributed by atoms with Crippen molar-refractivity contribution in [2.75, 3.05) is 6.54 Å². The average molecular weight is 432 g/mol. The van der Waals surface area contributed by atoms with Gasteiger partial charge in [0.25, 0.3) is 0 Å². The van der Waals surface area contributed by atoms with Crippen molar-refractivity contribution >= 4 is 23.2 Å². The van der Waals surface area contributed by atoms with Crippen LogP contribution in [0.5, 0.6) is 5.75 Å². The lowest BCUT2D eigenvalue weighted by Gasteiger charge is -2.19. The van der Waals surface area contributed by atoms with Gasteiger partial charge in [0.2, 0.25) is 0 Å². The van der Waals surface area contributed by atoms with E-state index in [1.165, 1.54) is 6.26 Å². The van der Waals surface area contributed by atoms with Crippen LogP contribution in [0, 0.1) is 28.6 Å². The largest absolute Gasteiger partial charge is 0.464 e. The Morgan fingerprint density at radius 2 is 2.12 bits per heavy atom. The quantitative estimate of drug-likeness (QED) is 0.204. The van der Waals surface area contributed by atoms with Gasteiger partial charge in [0, 0.05) is 41.4 Å². The van der Waals surface area contributed by atoms with Crippen LogP contribution >= 0.6 is 0 Å². The van der Waals surface area contributed by atoms with Crippen molar-refractivity contribution in [3.63, 3.8) is 0 Å². The lowest BCUT2D eigenvalue weighted by atomic mass is 9.89. The number of rotatable bonds is 11. The Labute approximate surface area is 191 Å². The zero-order chi connectivity index (χ0) is 23.5. The topological polar surface area (TPSA) is 108 Å². The molecule has 1 aromatic rings. The molecule has 6 nitrogen and oxygen atoms in total.